The molecule has 0 saturated heterocycles. The molecule has 3 rings (SSSR count). The van der Waals surface area contributed by atoms with E-state index in [2.05, 4.69) is 17.1 Å². The standard InChI is InChI=1S/C13H14ClN3O2/c1-2-3-12-15-16-13(7-14)17(12)9-4-5-10-11(6-9)19-8-18-10/h4-6H,2-3,7-8H2,1H3. The highest BCUT2D eigenvalue weighted by Gasteiger charge is 2.17. The van der Waals surface area contributed by atoms with E-state index in [-0.39, 0.29) is 6.79 Å². The van der Waals surface area contributed by atoms with E-state index in [1.165, 1.54) is 0 Å². The number of alkyl halides is 1. The first-order valence-electron chi connectivity index (χ1n) is 6.22. The monoisotopic (exact) mass is 279 g/mol. The summed E-state index contributed by atoms with van der Waals surface area (Å²) in [6, 6.07) is 5.79. The van der Waals surface area contributed by atoms with E-state index in [0.717, 1.165) is 41.7 Å². The van der Waals surface area contributed by atoms with Crippen molar-refractivity contribution >= 4 is 11.6 Å². The Labute approximate surface area is 116 Å². The lowest BCUT2D eigenvalue weighted by atomic mass is 10.2. The predicted octanol–water partition coefficient (Wildman–Crippen LogP) is 2.69. The van der Waals surface area contributed by atoms with Crippen molar-refractivity contribution in [3.63, 3.8) is 0 Å². The third kappa shape index (κ3) is 2.14. The summed E-state index contributed by atoms with van der Waals surface area (Å²) >= 11 is 5.93. The fourth-order valence-corrected chi connectivity index (χ4v) is 2.32. The van der Waals surface area contributed by atoms with E-state index in [0.29, 0.717) is 5.88 Å². The average molecular weight is 280 g/mol. The van der Waals surface area contributed by atoms with E-state index in [1.807, 2.05) is 22.8 Å². The van der Waals surface area contributed by atoms with Crippen molar-refractivity contribution in [3.05, 3.63) is 29.8 Å². The molecule has 0 saturated carbocycles. The van der Waals surface area contributed by atoms with Crippen LogP contribution in [-0.4, -0.2) is 21.6 Å². The maximum atomic E-state index is 5.93. The van der Waals surface area contributed by atoms with Gasteiger partial charge in [0, 0.05) is 12.5 Å². The first-order valence-corrected chi connectivity index (χ1v) is 6.76. The molecule has 6 heteroatoms. The average Bonchev–Trinajstić information content (AvgIpc) is 3.04. The van der Waals surface area contributed by atoms with Crippen molar-refractivity contribution in [2.24, 2.45) is 0 Å². The van der Waals surface area contributed by atoms with Crippen LogP contribution < -0.4 is 9.47 Å². The van der Waals surface area contributed by atoms with Crippen LogP contribution in [0.4, 0.5) is 0 Å². The molecule has 1 aliphatic rings. The smallest absolute Gasteiger partial charge is 0.231 e. The van der Waals surface area contributed by atoms with Crippen molar-refractivity contribution < 1.29 is 9.47 Å². The third-order valence-electron chi connectivity index (χ3n) is 3.00. The van der Waals surface area contributed by atoms with Crippen LogP contribution in [-0.2, 0) is 12.3 Å². The first-order chi connectivity index (χ1) is 9.33. The lowest BCUT2D eigenvalue weighted by Crippen LogP contribution is -2.04. The fraction of sp³-hybridized carbons (Fsp3) is 0.385. The molecule has 2 heterocycles. The van der Waals surface area contributed by atoms with E-state index < -0.39 is 0 Å². The van der Waals surface area contributed by atoms with Crippen molar-refractivity contribution in [3.8, 4) is 17.2 Å². The van der Waals surface area contributed by atoms with Crippen LogP contribution in [0.2, 0.25) is 0 Å². The van der Waals surface area contributed by atoms with Crippen molar-refractivity contribution in [1.82, 2.24) is 14.8 Å². The quantitative estimate of drug-likeness (QED) is 0.808. The molecule has 0 fully saturated rings. The molecule has 0 unspecified atom stereocenters. The summed E-state index contributed by atoms with van der Waals surface area (Å²) in [5.74, 6) is 3.49. The van der Waals surface area contributed by atoms with Gasteiger partial charge in [-0.3, -0.25) is 4.57 Å². The second-order valence-electron chi connectivity index (χ2n) is 4.29. The van der Waals surface area contributed by atoms with Gasteiger partial charge in [0.2, 0.25) is 6.79 Å². The summed E-state index contributed by atoms with van der Waals surface area (Å²) in [7, 11) is 0. The minimum Gasteiger partial charge on any atom is -0.454 e. The summed E-state index contributed by atoms with van der Waals surface area (Å²) in [6.07, 6.45) is 1.86. The molecule has 1 aromatic carbocycles. The molecule has 0 spiro atoms. The Bertz CT molecular complexity index is 598. The summed E-state index contributed by atoms with van der Waals surface area (Å²) in [5.41, 5.74) is 0.952. The molecular formula is C13H14ClN3O2. The second-order valence-corrected chi connectivity index (χ2v) is 4.56. The van der Waals surface area contributed by atoms with Crippen LogP contribution in [0, 0.1) is 0 Å². The number of nitrogens with zero attached hydrogens (tertiary/aromatic N) is 3. The Morgan fingerprint density at radius 3 is 2.79 bits per heavy atom. The highest BCUT2D eigenvalue weighted by molar-refractivity contribution is 6.16. The minimum atomic E-state index is 0.269. The van der Waals surface area contributed by atoms with Crippen LogP contribution in [0.3, 0.4) is 0 Å². The van der Waals surface area contributed by atoms with Gasteiger partial charge in [0.25, 0.3) is 0 Å². The molecule has 2 aromatic rings. The van der Waals surface area contributed by atoms with Gasteiger partial charge in [-0.25, -0.2) is 0 Å². The molecule has 1 aromatic heterocycles. The number of hydrogen-bond acceptors (Lipinski definition) is 4. The zero-order valence-electron chi connectivity index (χ0n) is 10.6. The summed E-state index contributed by atoms with van der Waals surface area (Å²) < 4.78 is 12.7. The summed E-state index contributed by atoms with van der Waals surface area (Å²) in [6.45, 7) is 2.38. The highest BCUT2D eigenvalue weighted by Crippen LogP contribution is 2.34. The van der Waals surface area contributed by atoms with Crippen LogP contribution >= 0.6 is 11.6 Å². The Kier molecular flexibility index (Phi) is 3.29. The number of rotatable bonds is 4. The highest BCUT2D eigenvalue weighted by atomic mass is 35.5. The number of benzene rings is 1. The maximum absolute atomic E-state index is 5.93. The molecule has 0 amide bonds. The lowest BCUT2D eigenvalue weighted by molar-refractivity contribution is 0.174. The Hall–Kier alpha value is -1.75. The van der Waals surface area contributed by atoms with Crippen LogP contribution in [0.5, 0.6) is 11.5 Å². The Morgan fingerprint density at radius 2 is 2.00 bits per heavy atom. The number of ether oxygens (including phenoxy) is 2. The van der Waals surface area contributed by atoms with Crippen molar-refractivity contribution in [2.75, 3.05) is 6.79 Å². The van der Waals surface area contributed by atoms with Gasteiger partial charge in [0.1, 0.15) is 5.82 Å². The zero-order chi connectivity index (χ0) is 13.2. The molecule has 1 aliphatic heterocycles. The van der Waals surface area contributed by atoms with Crippen LogP contribution in [0.25, 0.3) is 5.69 Å². The van der Waals surface area contributed by atoms with Gasteiger partial charge in [-0.15, -0.1) is 21.8 Å². The fourth-order valence-electron chi connectivity index (χ4n) is 2.15. The molecule has 0 atom stereocenters. The summed E-state index contributed by atoms with van der Waals surface area (Å²) in [5, 5.41) is 8.34. The molecule has 0 N–H and O–H groups in total. The van der Waals surface area contributed by atoms with Gasteiger partial charge < -0.3 is 9.47 Å². The number of hydrogen-bond donors (Lipinski definition) is 0. The SMILES string of the molecule is CCCc1nnc(CCl)n1-c1ccc2c(c1)OCO2. The maximum Gasteiger partial charge on any atom is 0.231 e. The molecular weight excluding hydrogens is 266 g/mol. The largest absolute Gasteiger partial charge is 0.454 e. The Balaban J connectivity index is 2.07. The predicted molar refractivity (Wildman–Crippen MR) is 71.0 cm³/mol. The van der Waals surface area contributed by atoms with Crippen LogP contribution in [0.1, 0.15) is 25.0 Å². The van der Waals surface area contributed by atoms with Crippen molar-refractivity contribution in [1.29, 1.82) is 0 Å². The number of aryl methyl sites for hydroxylation is 1. The zero-order valence-corrected chi connectivity index (χ0v) is 11.4. The Morgan fingerprint density at radius 1 is 1.21 bits per heavy atom. The number of aromatic nitrogens is 3. The number of fused-ring (bicyclic) bond motifs is 1. The normalized spacial score (nSPS) is 12.9. The van der Waals surface area contributed by atoms with Gasteiger partial charge in [0.05, 0.1) is 11.6 Å². The van der Waals surface area contributed by atoms with E-state index in [1.54, 1.807) is 0 Å². The van der Waals surface area contributed by atoms with Crippen LogP contribution in [0.15, 0.2) is 18.2 Å². The molecule has 0 radical (unpaired) electrons. The van der Waals surface area contributed by atoms with E-state index in [9.17, 15) is 0 Å². The molecule has 0 aliphatic carbocycles. The molecule has 19 heavy (non-hydrogen) atoms. The number of halogens is 1. The van der Waals surface area contributed by atoms with Gasteiger partial charge >= 0.3 is 0 Å². The molecule has 100 valence electrons. The van der Waals surface area contributed by atoms with Gasteiger partial charge in [-0.1, -0.05) is 6.92 Å². The second kappa shape index (κ2) is 5.09. The molecule has 0 bridgehead atoms. The summed E-state index contributed by atoms with van der Waals surface area (Å²) in [4.78, 5) is 0. The van der Waals surface area contributed by atoms with Gasteiger partial charge in [-0.2, -0.15) is 0 Å². The van der Waals surface area contributed by atoms with Gasteiger partial charge in [-0.05, 0) is 18.6 Å². The molecule has 5 nitrogen and oxygen atoms in total. The first kappa shape index (κ1) is 12.3. The topological polar surface area (TPSA) is 49.2 Å². The third-order valence-corrected chi connectivity index (χ3v) is 3.24. The van der Waals surface area contributed by atoms with E-state index in [4.69, 9.17) is 21.1 Å². The van der Waals surface area contributed by atoms with Crippen molar-refractivity contribution in [2.45, 2.75) is 25.6 Å². The lowest BCUT2D eigenvalue weighted by Gasteiger charge is -2.09. The minimum absolute atomic E-state index is 0.269. The van der Waals surface area contributed by atoms with E-state index >= 15 is 0 Å². The van der Waals surface area contributed by atoms with Gasteiger partial charge in [0.15, 0.2) is 17.3 Å².